The van der Waals surface area contributed by atoms with Crippen molar-refractivity contribution in [3.8, 4) is 0 Å². The first kappa shape index (κ1) is 15.1. The van der Waals surface area contributed by atoms with Crippen LogP contribution in [0.1, 0.15) is 33.1 Å². The molecule has 0 aliphatic heterocycles. The third kappa shape index (κ3) is 4.64. The lowest BCUT2D eigenvalue weighted by atomic mass is 10.0. The van der Waals surface area contributed by atoms with E-state index in [1.165, 1.54) is 0 Å². The lowest BCUT2D eigenvalue weighted by Crippen LogP contribution is -2.40. The van der Waals surface area contributed by atoms with E-state index in [0.717, 1.165) is 12.8 Å². The maximum atomic E-state index is 12.2. The number of hydrogen-bond acceptors (Lipinski definition) is 2. The highest BCUT2D eigenvalue weighted by atomic mass is 35.5. The Balaban J connectivity index is 2.37. The Labute approximate surface area is 105 Å². The number of rotatable bonds is 6. The SMILES string of the molecule is CCCC(N)N[C@H]1C(C(C)CC(F)(F)F)[C@H]1Cl. The maximum Gasteiger partial charge on any atom is 0.389 e. The number of hydrogen-bond donors (Lipinski definition) is 2. The first-order valence-corrected chi connectivity index (χ1v) is 6.42. The second-order valence-corrected chi connectivity index (χ2v) is 5.41. The Hall–Kier alpha value is -0.0000000000000000555. The zero-order valence-corrected chi connectivity index (χ0v) is 10.9. The van der Waals surface area contributed by atoms with Crippen LogP contribution in [-0.4, -0.2) is 23.8 Å². The van der Waals surface area contributed by atoms with Gasteiger partial charge in [-0.2, -0.15) is 13.2 Å². The molecule has 1 saturated carbocycles. The third-order valence-corrected chi connectivity index (χ3v) is 3.76. The van der Waals surface area contributed by atoms with Crippen molar-refractivity contribution in [1.82, 2.24) is 5.32 Å². The molecule has 1 aliphatic rings. The predicted molar refractivity (Wildman–Crippen MR) is 62.8 cm³/mol. The average molecular weight is 273 g/mol. The molecule has 3 N–H and O–H groups in total. The molecule has 0 bridgehead atoms. The van der Waals surface area contributed by atoms with E-state index in [4.69, 9.17) is 17.3 Å². The summed E-state index contributed by atoms with van der Waals surface area (Å²) in [6.45, 7) is 3.61. The number of halogens is 4. The van der Waals surface area contributed by atoms with Gasteiger partial charge >= 0.3 is 6.18 Å². The van der Waals surface area contributed by atoms with Crippen LogP contribution in [0.25, 0.3) is 0 Å². The van der Waals surface area contributed by atoms with E-state index in [9.17, 15) is 13.2 Å². The van der Waals surface area contributed by atoms with E-state index in [0.29, 0.717) is 0 Å². The standard InChI is InChI=1S/C11H20ClF3N2/c1-3-4-7(16)17-10-8(9(10)12)6(2)5-11(13,14)15/h6-10,17H,3-5,16H2,1-2H3/t6?,7?,8?,9-,10+/m1/s1. The topological polar surface area (TPSA) is 38.0 Å². The van der Waals surface area contributed by atoms with Crippen molar-refractivity contribution < 1.29 is 13.2 Å². The highest BCUT2D eigenvalue weighted by Gasteiger charge is 2.53. The fourth-order valence-electron chi connectivity index (χ4n) is 2.31. The molecule has 0 heterocycles. The van der Waals surface area contributed by atoms with Crippen LogP contribution in [0.4, 0.5) is 13.2 Å². The van der Waals surface area contributed by atoms with E-state index in [-0.39, 0.29) is 23.5 Å². The minimum absolute atomic E-state index is 0.0735. The highest BCUT2D eigenvalue weighted by Crippen LogP contribution is 2.46. The molecular formula is C11H20ClF3N2. The van der Waals surface area contributed by atoms with Gasteiger partial charge in [-0.15, -0.1) is 11.6 Å². The smallest absolute Gasteiger partial charge is 0.316 e. The van der Waals surface area contributed by atoms with Crippen molar-refractivity contribution in [2.45, 2.75) is 56.9 Å². The number of nitrogens with one attached hydrogen (secondary N) is 1. The van der Waals surface area contributed by atoms with Gasteiger partial charge in [-0.25, -0.2) is 0 Å². The summed E-state index contributed by atoms with van der Waals surface area (Å²) < 4.78 is 36.7. The largest absolute Gasteiger partial charge is 0.389 e. The normalized spacial score (nSPS) is 32.3. The number of nitrogens with two attached hydrogens (primary N) is 1. The van der Waals surface area contributed by atoms with Crippen LogP contribution in [0.5, 0.6) is 0 Å². The first-order valence-electron chi connectivity index (χ1n) is 5.98. The van der Waals surface area contributed by atoms with Gasteiger partial charge < -0.3 is 5.73 Å². The van der Waals surface area contributed by atoms with Gasteiger partial charge in [0, 0.05) is 12.5 Å². The Morgan fingerprint density at radius 1 is 1.41 bits per heavy atom. The van der Waals surface area contributed by atoms with Gasteiger partial charge in [0.05, 0.1) is 11.5 Å². The fraction of sp³-hybridized carbons (Fsp3) is 1.00. The Morgan fingerprint density at radius 2 is 2.00 bits per heavy atom. The summed E-state index contributed by atoms with van der Waals surface area (Å²) in [4.78, 5) is 0. The Bertz CT molecular complexity index is 247. The quantitative estimate of drug-likeness (QED) is 0.576. The Morgan fingerprint density at radius 3 is 2.47 bits per heavy atom. The molecule has 102 valence electrons. The molecule has 17 heavy (non-hydrogen) atoms. The summed E-state index contributed by atoms with van der Waals surface area (Å²) in [6, 6.07) is -0.0735. The monoisotopic (exact) mass is 272 g/mol. The van der Waals surface area contributed by atoms with Gasteiger partial charge in [-0.05, 0) is 18.3 Å². The summed E-state index contributed by atoms with van der Waals surface area (Å²) in [5.41, 5.74) is 5.79. The van der Waals surface area contributed by atoms with Crippen molar-refractivity contribution in [3.05, 3.63) is 0 Å². The first-order chi connectivity index (χ1) is 7.76. The van der Waals surface area contributed by atoms with Crippen LogP contribution in [0.3, 0.4) is 0 Å². The zero-order chi connectivity index (χ0) is 13.2. The molecule has 5 atom stereocenters. The highest BCUT2D eigenvalue weighted by molar-refractivity contribution is 6.23. The molecule has 0 spiro atoms. The van der Waals surface area contributed by atoms with Gasteiger partial charge in [-0.1, -0.05) is 20.3 Å². The molecule has 0 saturated heterocycles. The third-order valence-electron chi connectivity index (χ3n) is 3.20. The molecule has 0 aromatic heterocycles. The van der Waals surface area contributed by atoms with Crippen molar-refractivity contribution in [2.75, 3.05) is 0 Å². The van der Waals surface area contributed by atoms with Crippen LogP contribution in [0.15, 0.2) is 0 Å². The van der Waals surface area contributed by atoms with Gasteiger partial charge in [0.15, 0.2) is 0 Å². The maximum absolute atomic E-state index is 12.2. The molecule has 0 amide bonds. The summed E-state index contributed by atoms with van der Waals surface area (Å²) in [6.07, 6.45) is -3.32. The van der Waals surface area contributed by atoms with Crippen molar-refractivity contribution in [1.29, 1.82) is 0 Å². The van der Waals surface area contributed by atoms with Crippen molar-refractivity contribution >= 4 is 11.6 Å². The van der Waals surface area contributed by atoms with E-state index >= 15 is 0 Å². The summed E-state index contributed by atoms with van der Waals surface area (Å²) in [5, 5.41) is 2.87. The van der Waals surface area contributed by atoms with E-state index < -0.39 is 18.5 Å². The predicted octanol–water partition coefficient (Wildman–Crippen LogP) is 2.86. The zero-order valence-electron chi connectivity index (χ0n) is 10.1. The van der Waals surface area contributed by atoms with Gasteiger partial charge in [0.2, 0.25) is 0 Å². The van der Waals surface area contributed by atoms with E-state index in [1.807, 2.05) is 6.92 Å². The molecule has 0 radical (unpaired) electrons. The second-order valence-electron chi connectivity index (χ2n) is 4.91. The molecule has 3 unspecified atom stereocenters. The summed E-state index contributed by atoms with van der Waals surface area (Å²) >= 11 is 6.00. The average Bonchev–Trinajstić information content (AvgIpc) is 2.73. The van der Waals surface area contributed by atoms with Crippen LogP contribution in [0, 0.1) is 11.8 Å². The molecule has 2 nitrogen and oxygen atoms in total. The Kier molecular flexibility index (Phi) is 5.10. The molecule has 6 heteroatoms. The fourth-order valence-corrected chi connectivity index (χ4v) is 2.87. The van der Waals surface area contributed by atoms with Crippen LogP contribution >= 0.6 is 11.6 Å². The second kappa shape index (κ2) is 5.76. The van der Waals surface area contributed by atoms with Crippen LogP contribution < -0.4 is 11.1 Å². The lowest BCUT2D eigenvalue weighted by Gasteiger charge is -2.16. The minimum atomic E-state index is -4.12. The number of alkyl halides is 4. The van der Waals surface area contributed by atoms with Gasteiger partial charge in [0.1, 0.15) is 0 Å². The van der Waals surface area contributed by atoms with E-state index in [2.05, 4.69) is 5.32 Å². The molecule has 1 fully saturated rings. The summed E-state index contributed by atoms with van der Waals surface area (Å²) in [5.74, 6) is -0.579. The molecule has 0 aromatic carbocycles. The molecule has 1 aliphatic carbocycles. The van der Waals surface area contributed by atoms with Crippen molar-refractivity contribution in [3.63, 3.8) is 0 Å². The van der Waals surface area contributed by atoms with E-state index in [1.54, 1.807) is 6.92 Å². The van der Waals surface area contributed by atoms with Gasteiger partial charge in [-0.3, -0.25) is 5.32 Å². The molecule has 1 rings (SSSR count). The summed E-state index contributed by atoms with van der Waals surface area (Å²) in [7, 11) is 0. The minimum Gasteiger partial charge on any atom is -0.316 e. The van der Waals surface area contributed by atoms with Crippen LogP contribution in [-0.2, 0) is 0 Å². The molecular weight excluding hydrogens is 253 g/mol. The van der Waals surface area contributed by atoms with Crippen molar-refractivity contribution in [2.24, 2.45) is 17.6 Å². The van der Waals surface area contributed by atoms with Crippen LogP contribution in [0.2, 0.25) is 0 Å². The lowest BCUT2D eigenvalue weighted by molar-refractivity contribution is -0.144. The van der Waals surface area contributed by atoms with Gasteiger partial charge in [0.25, 0.3) is 0 Å². The molecule has 0 aromatic rings.